The van der Waals surface area contributed by atoms with Gasteiger partial charge in [0.05, 0.1) is 33.4 Å². The summed E-state index contributed by atoms with van der Waals surface area (Å²) >= 11 is 1.19. The van der Waals surface area contributed by atoms with Gasteiger partial charge in [0.25, 0.3) is 17.2 Å². The van der Waals surface area contributed by atoms with E-state index in [4.69, 9.17) is 9.15 Å². The number of aromatic nitrogens is 1. The number of fused-ring (bicyclic) bond motifs is 1. The first-order chi connectivity index (χ1) is 21.7. The van der Waals surface area contributed by atoms with Crippen LogP contribution >= 0.6 is 11.3 Å². The maximum Gasteiger partial charge on any atom is 0.273 e. The molecule has 1 aliphatic rings. The van der Waals surface area contributed by atoms with Gasteiger partial charge in [0.15, 0.2) is 4.80 Å². The summed E-state index contributed by atoms with van der Waals surface area (Å²) in [5.74, 6) is 1.16. The molecule has 11 heteroatoms. The Bertz CT molecular complexity index is 2140. The Kier molecular flexibility index (Phi) is 8.01. The molecular formula is C34H28N4O6S. The molecule has 10 nitrogen and oxygen atoms in total. The van der Waals surface area contributed by atoms with E-state index in [1.807, 2.05) is 49.4 Å². The second-order valence-corrected chi connectivity index (χ2v) is 11.3. The van der Waals surface area contributed by atoms with E-state index in [-0.39, 0.29) is 17.2 Å². The summed E-state index contributed by atoms with van der Waals surface area (Å²) in [6.45, 7) is 5.84. The molecule has 3 heterocycles. The van der Waals surface area contributed by atoms with Crippen LogP contribution in [-0.2, 0) is 4.79 Å². The average Bonchev–Trinajstić information content (AvgIpc) is 3.61. The zero-order valence-electron chi connectivity index (χ0n) is 24.6. The molecule has 0 unspecified atom stereocenters. The van der Waals surface area contributed by atoms with Crippen molar-refractivity contribution in [3.63, 3.8) is 0 Å². The van der Waals surface area contributed by atoms with Gasteiger partial charge in [-0.05, 0) is 62.7 Å². The van der Waals surface area contributed by atoms with Crippen molar-refractivity contribution < 1.29 is 18.9 Å². The van der Waals surface area contributed by atoms with Crippen LogP contribution in [0.15, 0.2) is 110 Å². The fourth-order valence-electron chi connectivity index (χ4n) is 5.35. The number of carbonyl (C=O) groups excluding carboxylic acids is 1. The Balaban J connectivity index is 1.44. The van der Waals surface area contributed by atoms with Gasteiger partial charge in [0, 0.05) is 29.0 Å². The van der Waals surface area contributed by atoms with Crippen molar-refractivity contribution in [3.05, 3.63) is 143 Å². The van der Waals surface area contributed by atoms with Crippen molar-refractivity contribution >= 4 is 34.7 Å². The largest absolute Gasteiger partial charge is 0.494 e. The first-order valence-electron chi connectivity index (χ1n) is 14.2. The molecule has 0 bridgehead atoms. The molecule has 6 rings (SSSR count). The van der Waals surface area contributed by atoms with Crippen LogP contribution in [0.3, 0.4) is 0 Å². The minimum Gasteiger partial charge on any atom is -0.494 e. The zero-order chi connectivity index (χ0) is 31.7. The predicted octanol–water partition coefficient (Wildman–Crippen LogP) is 5.75. The van der Waals surface area contributed by atoms with Crippen LogP contribution in [0.4, 0.5) is 11.4 Å². The minimum absolute atomic E-state index is 0.00414. The predicted molar refractivity (Wildman–Crippen MR) is 172 cm³/mol. The van der Waals surface area contributed by atoms with Gasteiger partial charge in [-0.3, -0.25) is 24.3 Å². The van der Waals surface area contributed by atoms with Crippen molar-refractivity contribution in [2.45, 2.75) is 26.8 Å². The highest BCUT2D eigenvalue weighted by molar-refractivity contribution is 7.07. The fourth-order valence-corrected chi connectivity index (χ4v) is 6.38. The van der Waals surface area contributed by atoms with Crippen LogP contribution in [0.5, 0.6) is 5.75 Å². The minimum atomic E-state index is -0.748. The van der Waals surface area contributed by atoms with Crippen LogP contribution in [0.25, 0.3) is 17.4 Å². The standard InChI is InChI=1S/C34H28N4O6S/c1-4-43-24-15-13-22(14-16-24)31-30(32(39)36-23-9-6-5-7-10-23)21(3)35-34-37(31)33(40)29(45-34)19-25-17-18-28(44-25)26-11-8-12-27(20(26)2)38(41)42/h5-19,31H,4H2,1-3H3,(H,36,39)/b29-19-/t31-/m0/s1. The van der Waals surface area contributed by atoms with Gasteiger partial charge in [0.1, 0.15) is 17.3 Å². The number of nitro benzene ring substituents is 1. The summed E-state index contributed by atoms with van der Waals surface area (Å²) in [4.78, 5) is 43.9. The molecule has 0 spiro atoms. The van der Waals surface area contributed by atoms with Crippen molar-refractivity contribution in [2.24, 2.45) is 4.99 Å². The summed E-state index contributed by atoms with van der Waals surface area (Å²) in [6, 6.07) is 23.9. The van der Waals surface area contributed by atoms with Gasteiger partial charge < -0.3 is 14.5 Å². The molecule has 1 N–H and O–H groups in total. The number of para-hydroxylation sites is 1. The van der Waals surface area contributed by atoms with Gasteiger partial charge in [-0.2, -0.15) is 0 Å². The topological polar surface area (TPSA) is 129 Å². The molecule has 0 saturated heterocycles. The summed E-state index contributed by atoms with van der Waals surface area (Å²) < 4.78 is 13.5. The lowest BCUT2D eigenvalue weighted by atomic mass is 9.95. The van der Waals surface area contributed by atoms with E-state index in [0.29, 0.717) is 61.3 Å². The number of rotatable bonds is 8. The van der Waals surface area contributed by atoms with Gasteiger partial charge in [-0.15, -0.1) is 0 Å². The molecule has 2 aromatic heterocycles. The molecule has 1 amide bonds. The molecule has 0 fully saturated rings. The number of furan rings is 1. The maximum absolute atomic E-state index is 14.0. The molecule has 0 radical (unpaired) electrons. The third kappa shape index (κ3) is 5.73. The number of nitro groups is 1. The Labute approximate surface area is 261 Å². The number of benzene rings is 3. The highest BCUT2D eigenvalue weighted by Crippen LogP contribution is 2.33. The number of ether oxygens (including phenoxy) is 1. The molecule has 1 aliphatic heterocycles. The van der Waals surface area contributed by atoms with E-state index < -0.39 is 11.0 Å². The SMILES string of the molecule is CCOc1ccc([C@H]2C(C(=O)Nc3ccccc3)=C(C)N=c3s/c(=C\c4ccc(-c5cccc([N+](=O)[O-])c5C)o4)c(=O)n32)cc1. The lowest BCUT2D eigenvalue weighted by molar-refractivity contribution is -0.385. The maximum atomic E-state index is 14.0. The third-order valence-corrected chi connectivity index (χ3v) is 8.46. The van der Waals surface area contributed by atoms with Crippen molar-refractivity contribution in [1.29, 1.82) is 0 Å². The zero-order valence-corrected chi connectivity index (χ0v) is 25.5. The second kappa shape index (κ2) is 12.2. The Morgan fingerprint density at radius 3 is 2.53 bits per heavy atom. The fraction of sp³-hybridized carbons (Fsp3) is 0.147. The van der Waals surface area contributed by atoms with E-state index in [1.165, 1.54) is 22.0 Å². The summed E-state index contributed by atoms with van der Waals surface area (Å²) in [7, 11) is 0. The summed E-state index contributed by atoms with van der Waals surface area (Å²) in [5, 5.41) is 14.4. The van der Waals surface area contributed by atoms with Crippen molar-refractivity contribution in [2.75, 3.05) is 11.9 Å². The molecular weight excluding hydrogens is 592 g/mol. The van der Waals surface area contributed by atoms with Gasteiger partial charge in [0.2, 0.25) is 0 Å². The lowest BCUT2D eigenvalue weighted by Crippen LogP contribution is -2.40. The summed E-state index contributed by atoms with van der Waals surface area (Å²) in [5.41, 5.74) is 2.92. The molecule has 0 aliphatic carbocycles. The number of anilines is 1. The van der Waals surface area contributed by atoms with Crippen molar-refractivity contribution in [3.8, 4) is 17.1 Å². The number of amides is 1. The normalized spacial score (nSPS) is 14.6. The highest BCUT2D eigenvalue weighted by atomic mass is 32.1. The first kappa shape index (κ1) is 29.5. The average molecular weight is 621 g/mol. The molecule has 0 saturated carbocycles. The smallest absolute Gasteiger partial charge is 0.273 e. The van der Waals surface area contributed by atoms with E-state index in [2.05, 4.69) is 10.3 Å². The van der Waals surface area contributed by atoms with Crippen molar-refractivity contribution in [1.82, 2.24) is 4.57 Å². The van der Waals surface area contributed by atoms with Gasteiger partial charge in [-0.25, -0.2) is 4.99 Å². The first-order valence-corrected chi connectivity index (χ1v) is 15.0. The monoisotopic (exact) mass is 620 g/mol. The lowest BCUT2D eigenvalue weighted by Gasteiger charge is -2.25. The highest BCUT2D eigenvalue weighted by Gasteiger charge is 2.32. The number of nitrogens with one attached hydrogen (secondary N) is 1. The van der Waals surface area contributed by atoms with Gasteiger partial charge in [-0.1, -0.05) is 53.8 Å². The number of hydrogen-bond acceptors (Lipinski definition) is 8. The Morgan fingerprint density at radius 1 is 1.07 bits per heavy atom. The molecule has 45 heavy (non-hydrogen) atoms. The Hall–Kier alpha value is -5.55. The van der Waals surface area contributed by atoms with Crippen LogP contribution in [0.2, 0.25) is 0 Å². The number of allylic oxidation sites excluding steroid dienone is 1. The van der Waals surface area contributed by atoms with Crippen LogP contribution in [0.1, 0.15) is 36.8 Å². The van der Waals surface area contributed by atoms with Crippen LogP contribution in [-0.4, -0.2) is 22.0 Å². The quantitative estimate of drug-likeness (QED) is 0.174. The van der Waals surface area contributed by atoms with E-state index in [0.717, 1.165) is 5.56 Å². The van der Waals surface area contributed by atoms with E-state index in [1.54, 1.807) is 56.3 Å². The van der Waals surface area contributed by atoms with Crippen LogP contribution < -0.4 is 24.9 Å². The molecule has 5 aromatic rings. The Morgan fingerprint density at radius 2 is 1.82 bits per heavy atom. The molecule has 1 atom stereocenters. The number of nitrogens with zero attached hydrogens (tertiary/aromatic N) is 3. The van der Waals surface area contributed by atoms with E-state index in [9.17, 15) is 19.7 Å². The molecule has 3 aromatic carbocycles. The second-order valence-electron chi connectivity index (χ2n) is 10.3. The molecule has 226 valence electrons. The summed E-state index contributed by atoms with van der Waals surface area (Å²) in [6.07, 6.45) is 1.62. The third-order valence-electron chi connectivity index (χ3n) is 7.47. The van der Waals surface area contributed by atoms with Crippen LogP contribution in [0, 0.1) is 17.0 Å². The number of hydrogen-bond donors (Lipinski definition) is 1. The van der Waals surface area contributed by atoms with E-state index >= 15 is 0 Å². The van der Waals surface area contributed by atoms with Gasteiger partial charge >= 0.3 is 0 Å². The number of thiazole rings is 1. The number of carbonyl (C=O) groups is 1.